The van der Waals surface area contributed by atoms with E-state index >= 15 is 0 Å². The summed E-state index contributed by atoms with van der Waals surface area (Å²) in [7, 11) is 1.66. The molecule has 0 saturated heterocycles. The van der Waals surface area contributed by atoms with Crippen LogP contribution in [0, 0.1) is 20.8 Å². The Morgan fingerprint density at radius 3 is 2.33 bits per heavy atom. The third-order valence-corrected chi connectivity index (χ3v) is 3.40. The second-order valence-electron chi connectivity index (χ2n) is 4.47. The lowest BCUT2D eigenvalue weighted by atomic mass is 9.95. The first kappa shape index (κ1) is 12.7. The molecule has 1 aromatic carbocycles. The van der Waals surface area contributed by atoms with Gasteiger partial charge in [-0.05, 0) is 32.4 Å². The predicted octanol–water partition coefficient (Wildman–Crippen LogP) is 3.26. The van der Waals surface area contributed by atoms with Gasteiger partial charge in [-0.25, -0.2) is 0 Å². The molecule has 0 bridgehead atoms. The topological polar surface area (TPSA) is 48.4 Å². The molecule has 1 unspecified atom stereocenters. The molecular weight excluding hydrogens is 226 g/mol. The molecule has 0 fully saturated rings. The van der Waals surface area contributed by atoms with Crippen LogP contribution in [0.5, 0.6) is 5.75 Å². The van der Waals surface area contributed by atoms with E-state index in [-0.39, 0.29) is 6.04 Å². The molecule has 0 amide bonds. The number of benzene rings is 1. The quantitative estimate of drug-likeness (QED) is 0.902. The van der Waals surface area contributed by atoms with Crippen LogP contribution in [0.2, 0.25) is 0 Å². The summed E-state index contributed by atoms with van der Waals surface area (Å²) in [5, 5.41) is 0. The molecule has 96 valence electrons. The van der Waals surface area contributed by atoms with Gasteiger partial charge in [-0.1, -0.05) is 18.2 Å². The minimum absolute atomic E-state index is 0.224. The zero-order chi connectivity index (χ0) is 13.3. The van der Waals surface area contributed by atoms with Gasteiger partial charge in [0.25, 0.3) is 0 Å². The molecule has 0 aliphatic rings. The summed E-state index contributed by atoms with van der Waals surface area (Å²) in [6.07, 6.45) is 0. The van der Waals surface area contributed by atoms with Crippen molar-refractivity contribution >= 4 is 0 Å². The summed E-state index contributed by atoms with van der Waals surface area (Å²) in [4.78, 5) is 0. The number of ether oxygens (including phenoxy) is 1. The summed E-state index contributed by atoms with van der Waals surface area (Å²) in [5.74, 6) is 2.61. The molecule has 1 atom stereocenters. The molecule has 3 heteroatoms. The number of para-hydroxylation sites is 1. The van der Waals surface area contributed by atoms with Crippen LogP contribution in [0.1, 0.15) is 34.3 Å². The molecule has 0 saturated carbocycles. The van der Waals surface area contributed by atoms with Gasteiger partial charge >= 0.3 is 0 Å². The van der Waals surface area contributed by atoms with Crippen LogP contribution in [0.15, 0.2) is 28.7 Å². The SMILES string of the molecule is COc1ccccc1C(N)c1c(C)oc(C)c1C. The number of aryl methyl sites for hydroxylation is 2. The van der Waals surface area contributed by atoms with E-state index < -0.39 is 0 Å². The lowest BCUT2D eigenvalue weighted by molar-refractivity contribution is 0.407. The highest BCUT2D eigenvalue weighted by atomic mass is 16.5. The fourth-order valence-corrected chi connectivity index (χ4v) is 2.35. The molecule has 18 heavy (non-hydrogen) atoms. The average Bonchev–Trinajstić information content (AvgIpc) is 2.62. The van der Waals surface area contributed by atoms with E-state index in [0.717, 1.165) is 34.0 Å². The maximum Gasteiger partial charge on any atom is 0.123 e. The van der Waals surface area contributed by atoms with Gasteiger partial charge in [0, 0.05) is 11.1 Å². The second-order valence-corrected chi connectivity index (χ2v) is 4.47. The fourth-order valence-electron chi connectivity index (χ4n) is 2.35. The van der Waals surface area contributed by atoms with Gasteiger partial charge in [-0.2, -0.15) is 0 Å². The first-order valence-electron chi connectivity index (χ1n) is 6.01. The van der Waals surface area contributed by atoms with Crippen molar-refractivity contribution in [2.75, 3.05) is 7.11 Å². The van der Waals surface area contributed by atoms with Crippen molar-refractivity contribution in [2.24, 2.45) is 5.73 Å². The van der Waals surface area contributed by atoms with Crippen molar-refractivity contribution in [3.05, 3.63) is 52.5 Å². The number of hydrogen-bond acceptors (Lipinski definition) is 3. The van der Waals surface area contributed by atoms with Crippen molar-refractivity contribution in [2.45, 2.75) is 26.8 Å². The van der Waals surface area contributed by atoms with Gasteiger partial charge in [-0.15, -0.1) is 0 Å². The minimum atomic E-state index is -0.224. The molecule has 0 radical (unpaired) electrons. The second kappa shape index (κ2) is 4.86. The Kier molecular flexibility index (Phi) is 3.43. The summed E-state index contributed by atoms with van der Waals surface area (Å²) in [5.41, 5.74) is 9.52. The average molecular weight is 245 g/mol. The van der Waals surface area contributed by atoms with E-state index in [1.165, 1.54) is 0 Å². The molecule has 3 nitrogen and oxygen atoms in total. The lowest BCUT2D eigenvalue weighted by Gasteiger charge is -2.16. The Hall–Kier alpha value is -1.74. The van der Waals surface area contributed by atoms with Gasteiger partial charge in [0.15, 0.2) is 0 Å². The number of methoxy groups -OCH3 is 1. The normalized spacial score (nSPS) is 12.5. The highest BCUT2D eigenvalue weighted by Crippen LogP contribution is 2.33. The highest BCUT2D eigenvalue weighted by molar-refractivity contribution is 5.45. The van der Waals surface area contributed by atoms with Crippen molar-refractivity contribution in [1.82, 2.24) is 0 Å². The van der Waals surface area contributed by atoms with E-state index in [1.807, 2.05) is 45.0 Å². The maximum absolute atomic E-state index is 6.37. The summed E-state index contributed by atoms with van der Waals surface area (Å²) in [6.45, 7) is 5.95. The maximum atomic E-state index is 6.37. The Morgan fingerprint density at radius 2 is 1.78 bits per heavy atom. The summed E-state index contributed by atoms with van der Waals surface area (Å²) in [6, 6.07) is 7.60. The van der Waals surface area contributed by atoms with E-state index in [9.17, 15) is 0 Å². The van der Waals surface area contributed by atoms with Crippen LogP contribution >= 0.6 is 0 Å². The Morgan fingerprint density at radius 1 is 1.11 bits per heavy atom. The van der Waals surface area contributed by atoms with Crippen LogP contribution in [-0.4, -0.2) is 7.11 Å². The fraction of sp³-hybridized carbons (Fsp3) is 0.333. The summed E-state index contributed by atoms with van der Waals surface area (Å²) < 4.78 is 11.0. The van der Waals surface area contributed by atoms with E-state index in [2.05, 4.69) is 0 Å². The van der Waals surface area contributed by atoms with Crippen LogP contribution in [0.25, 0.3) is 0 Å². The Balaban J connectivity index is 2.51. The van der Waals surface area contributed by atoms with Crippen LogP contribution in [-0.2, 0) is 0 Å². The van der Waals surface area contributed by atoms with Gasteiger partial charge in [-0.3, -0.25) is 0 Å². The molecule has 2 rings (SSSR count). The molecular formula is C15H19NO2. The van der Waals surface area contributed by atoms with Crippen LogP contribution in [0.3, 0.4) is 0 Å². The zero-order valence-electron chi connectivity index (χ0n) is 11.3. The standard InChI is InChI=1S/C15H19NO2/c1-9-10(2)18-11(3)14(9)15(16)12-7-5-6-8-13(12)17-4/h5-8,15H,16H2,1-4H3. The smallest absolute Gasteiger partial charge is 0.123 e. The van der Waals surface area contributed by atoms with E-state index in [0.29, 0.717) is 0 Å². The van der Waals surface area contributed by atoms with Gasteiger partial charge in [0.1, 0.15) is 17.3 Å². The van der Waals surface area contributed by atoms with Crippen molar-refractivity contribution in [1.29, 1.82) is 0 Å². The molecule has 1 aromatic heterocycles. The minimum Gasteiger partial charge on any atom is -0.496 e. The zero-order valence-corrected chi connectivity index (χ0v) is 11.3. The van der Waals surface area contributed by atoms with Gasteiger partial charge in [0.2, 0.25) is 0 Å². The van der Waals surface area contributed by atoms with Crippen LogP contribution in [0.4, 0.5) is 0 Å². The number of rotatable bonds is 3. The molecule has 2 aromatic rings. The Bertz CT molecular complexity index is 558. The molecule has 2 N–H and O–H groups in total. The largest absolute Gasteiger partial charge is 0.496 e. The van der Waals surface area contributed by atoms with Crippen molar-refractivity contribution < 1.29 is 9.15 Å². The third-order valence-electron chi connectivity index (χ3n) is 3.40. The van der Waals surface area contributed by atoms with Crippen molar-refractivity contribution in [3.8, 4) is 5.75 Å². The van der Waals surface area contributed by atoms with Crippen LogP contribution < -0.4 is 10.5 Å². The predicted molar refractivity (Wildman–Crippen MR) is 71.9 cm³/mol. The highest BCUT2D eigenvalue weighted by Gasteiger charge is 2.21. The van der Waals surface area contributed by atoms with Gasteiger partial charge < -0.3 is 14.9 Å². The summed E-state index contributed by atoms with van der Waals surface area (Å²) >= 11 is 0. The monoisotopic (exact) mass is 245 g/mol. The van der Waals surface area contributed by atoms with Gasteiger partial charge in [0.05, 0.1) is 13.2 Å². The molecule has 0 aliphatic carbocycles. The van der Waals surface area contributed by atoms with E-state index in [1.54, 1.807) is 7.11 Å². The number of nitrogens with two attached hydrogens (primary N) is 1. The molecule has 1 heterocycles. The number of hydrogen-bond donors (Lipinski definition) is 1. The lowest BCUT2D eigenvalue weighted by Crippen LogP contribution is -2.14. The van der Waals surface area contributed by atoms with Crippen molar-refractivity contribution in [3.63, 3.8) is 0 Å². The molecule has 0 aliphatic heterocycles. The Labute approximate surface area is 108 Å². The first-order chi connectivity index (χ1) is 8.56. The number of furan rings is 1. The first-order valence-corrected chi connectivity index (χ1v) is 6.01. The molecule has 0 spiro atoms. The van der Waals surface area contributed by atoms with E-state index in [4.69, 9.17) is 14.9 Å². The third kappa shape index (κ3) is 2.02.